The number of hydrogen-bond donors (Lipinski definition) is 3. The maximum Gasteiger partial charge on any atom is 0.416 e. The number of ketones is 1. The van der Waals surface area contributed by atoms with Crippen molar-refractivity contribution in [1.29, 1.82) is 0 Å². The molecule has 1 aromatic carbocycles. The highest BCUT2D eigenvalue weighted by atomic mass is 35.5. The van der Waals surface area contributed by atoms with Gasteiger partial charge in [0.05, 0.1) is 11.1 Å². The van der Waals surface area contributed by atoms with E-state index in [2.05, 4.69) is 16.2 Å². The number of benzene rings is 1. The molecule has 25 heavy (non-hydrogen) atoms. The predicted octanol–water partition coefficient (Wildman–Crippen LogP) is 2.38. The summed E-state index contributed by atoms with van der Waals surface area (Å²) in [5.41, 5.74) is 4.82. The second-order valence-corrected chi connectivity index (χ2v) is 5.69. The normalized spacial score (nSPS) is 19.6. The monoisotopic (exact) mass is 369 g/mol. The summed E-state index contributed by atoms with van der Waals surface area (Å²) in [6.07, 6.45) is 0.000487. The Bertz CT molecular complexity index is 843. The van der Waals surface area contributed by atoms with Crippen molar-refractivity contribution in [3.63, 3.8) is 0 Å². The van der Waals surface area contributed by atoms with Gasteiger partial charge in [-0.2, -0.15) is 13.2 Å². The van der Waals surface area contributed by atoms with Gasteiger partial charge in [-0.05, 0) is 18.2 Å². The Labute approximate surface area is 145 Å². The van der Waals surface area contributed by atoms with Gasteiger partial charge < -0.3 is 10.7 Å². The smallest absolute Gasteiger partial charge is 0.338 e. The van der Waals surface area contributed by atoms with Gasteiger partial charge in [0, 0.05) is 17.3 Å². The fourth-order valence-electron chi connectivity index (χ4n) is 2.44. The Morgan fingerprint density at radius 1 is 1.28 bits per heavy atom. The van der Waals surface area contributed by atoms with Gasteiger partial charge in [0.25, 0.3) is 5.91 Å². The van der Waals surface area contributed by atoms with Crippen LogP contribution in [0.3, 0.4) is 0 Å². The number of nitrogens with one attached hydrogen (secondary N) is 3. The van der Waals surface area contributed by atoms with Gasteiger partial charge in [0.15, 0.2) is 5.78 Å². The molecule has 1 atom stereocenters. The van der Waals surface area contributed by atoms with E-state index in [0.717, 1.165) is 18.2 Å². The van der Waals surface area contributed by atoms with Gasteiger partial charge in [0.2, 0.25) is 0 Å². The number of halogens is 4. The summed E-state index contributed by atoms with van der Waals surface area (Å²) in [6.45, 7) is 0. The third kappa shape index (κ3) is 3.39. The first-order chi connectivity index (χ1) is 11.8. The molecule has 3 rings (SSSR count). The number of hydrazine groups is 1. The molecule has 2 aliphatic rings. The molecule has 5 nitrogen and oxygen atoms in total. The highest BCUT2D eigenvalue weighted by Gasteiger charge is 2.33. The lowest BCUT2D eigenvalue weighted by Gasteiger charge is -2.25. The summed E-state index contributed by atoms with van der Waals surface area (Å²) < 4.78 is 38.2. The van der Waals surface area contributed by atoms with Crippen LogP contribution in [-0.4, -0.2) is 17.7 Å². The SMILES string of the molecule is O=C(NC1C=CC2=CNNC(Cl)=C2C1=O)c1cccc(C(F)(F)F)c1. The van der Waals surface area contributed by atoms with Crippen molar-refractivity contribution >= 4 is 23.3 Å². The van der Waals surface area contributed by atoms with Crippen LogP contribution in [0.5, 0.6) is 0 Å². The molecule has 0 spiro atoms. The Morgan fingerprint density at radius 2 is 2.04 bits per heavy atom. The number of alkyl halides is 3. The number of hydrogen-bond acceptors (Lipinski definition) is 4. The summed E-state index contributed by atoms with van der Waals surface area (Å²) in [4.78, 5) is 24.7. The first-order valence-corrected chi connectivity index (χ1v) is 7.47. The number of rotatable bonds is 2. The minimum atomic E-state index is -4.56. The molecule has 0 aromatic heterocycles. The van der Waals surface area contributed by atoms with Crippen molar-refractivity contribution in [3.8, 4) is 0 Å². The second-order valence-electron chi connectivity index (χ2n) is 5.31. The second kappa shape index (κ2) is 6.29. The highest BCUT2D eigenvalue weighted by Crippen LogP contribution is 2.30. The van der Waals surface area contributed by atoms with Gasteiger partial charge in [0.1, 0.15) is 11.2 Å². The molecule has 0 saturated carbocycles. The number of fused-ring (bicyclic) bond motifs is 1. The van der Waals surface area contributed by atoms with E-state index >= 15 is 0 Å². The van der Waals surface area contributed by atoms with E-state index in [-0.39, 0.29) is 16.3 Å². The summed E-state index contributed by atoms with van der Waals surface area (Å²) in [7, 11) is 0. The van der Waals surface area contributed by atoms with Crippen molar-refractivity contribution in [2.75, 3.05) is 0 Å². The molecule has 0 bridgehead atoms. The summed E-state index contributed by atoms with van der Waals surface area (Å²) >= 11 is 5.95. The van der Waals surface area contributed by atoms with Crippen LogP contribution in [0, 0.1) is 0 Å². The topological polar surface area (TPSA) is 70.2 Å². The van der Waals surface area contributed by atoms with Gasteiger partial charge in [-0.3, -0.25) is 15.0 Å². The van der Waals surface area contributed by atoms with Crippen LogP contribution in [0.15, 0.2) is 58.9 Å². The molecule has 1 aromatic rings. The van der Waals surface area contributed by atoms with E-state index in [4.69, 9.17) is 11.6 Å². The van der Waals surface area contributed by atoms with Crippen LogP contribution in [0.2, 0.25) is 0 Å². The summed E-state index contributed by atoms with van der Waals surface area (Å²) in [5, 5.41) is 2.48. The average molecular weight is 370 g/mol. The lowest BCUT2D eigenvalue weighted by molar-refractivity contribution is -0.137. The van der Waals surface area contributed by atoms with Gasteiger partial charge >= 0.3 is 6.18 Å². The third-order valence-electron chi connectivity index (χ3n) is 3.65. The zero-order valence-corrected chi connectivity index (χ0v) is 13.2. The zero-order chi connectivity index (χ0) is 18.2. The first kappa shape index (κ1) is 17.1. The van der Waals surface area contributed by atoms with Crippen molar-refractivity contribution in [2.45, 2.75) is 12.2 Å². The quantitative estimate of drug-likeness (QED) is 0.700. The Kier molecular flexibility index (Phi) is 4.30. The minimum absolute atomic E-state index is 0.0742. The van der Waals surface area contributed by atoms with E-state index < -0.39 is 29.5 Å². The largest absolute Gasteiger partial charge is 0.416 e. The fourth-order valence-corrected chi connectivity index (χ4v) is 2.70. The number of carbonyl (C=O) groups is 2. The molecule has 1 aliphatic carbocycles. The van der Waals surface area contributed by atoms with Crippen LogP contribution >= 0.6 is 11.6 Å². The van der Waals surface area contributed by atoms with Crippen molar-refractivity contribution in [2.24, 2.45) is 0 Å². The molecule has 0 saturated heterocycles. The van der Waals surface area contributed by atoms with E-state index in [0.29, 0.717) is 5.57 Å². The van der Waals surface area contributed by atoms with Crippen LogP contribution in [0.25, 0.3) is 0 Å². The molecular weight excluding hydrogens is 359 g/mol. The van der Waals surface area contributed by atoms with Gasteiger partial charge in [-0.15, -0.1) is 0 Å². The molecule has 1 unspecified atom stereocenters. The number of allylic oxidation sites excluding steroid dienone is 2. The number of Topliss-reactive ketones (excluding diaryl/α,β-unsaturated/α-hetero) is 1. The van der Waals surface area contributed by atoms with Crippen molar-refractivity contribution in [1.82, 2.24) is 16.2 Å². The van der Waals surface area contributed by atoms with Crippen molar-refractivity contribution in [3.05, 3.63) is 70.0 Å². The molecule has 0 radical (unpaired) electrons. The first-order valence-electron chi connectivity index (χ1n) is 7.10. The molecule has 0 fully saturated rings. The standard InChI is InChI=1S/C16H11ClF3N3O2/c17-14-12-9(7-21-23-14)4-5-11(13(12)24)22-15(25)8-2-1-3-10(6-8)16(18,19)20/h1-7,11,21,23H,(H,22,25). The lowest BCUT2D eigenvalue weighted by atomic mass is 9.91. The van der Waals surface area contributed by atoms with Crippen LogP contribution in [0.4, 0.5) is 13.2 Å². The molecule has 130 valence electrons. The minimum Gasteiger partial charge on any atom is -0.338 e. The summed E-state index contributed by atoms with van der Waals surface area (Å²) in [6, 6.07) is 2.95. The molecule has 9 heteroatoms. The molecule has 1 aliphatic heterocycles. The predicted molar refractivity (Wildman–Crippen MR) is 84.1 cm³/mol. The maximum atomic E-state index is 12.7. The number of carbonyl (C=O) groups excluding carboxylic acids is 2. The fraction of sp³-hybridized carbons (Fsp3) is 0.125. The van der Waals surface area contributed by atoms with Crippen LogP contribution in [-0.2, 0) is 11.0 Å². The third-order valence-corrected chi connectivity index (χ3v) is 3.94. The Hall–Kier alpha value is -2.74. The van der Waals surface area contributed by atoms with Crippen molar-refractivity contribution < 1.29 is 22.8 Å². The molecule has 3 N–H and O–H groups in total. The maximum absolute atomic E-state index is 12.7. The average Bonchev–Trinajstić information content (AvgIpc) is 2.57. The summed E-state index contributed by atoms with van der Waals surface area (Å²) in [5.74, 6) is -1.26. The molecule has 1 amide bonds. The zero-order valence-electron chi connectivity index (χ0n) is 12.4. The van der Waals surface area contributed by atoms with Crippen LogP contribution < -0.4 is 16.2 Å². The van der Waals surface area contributed by atoms with E-state index in [9.17, 15) is 22.8 Å². The number of amides is 1. The van der Waals surface area contributed by atoms with Crippen LogP contribution in [0.1, 0.15) is 15.9 Å². The lowest BCUT2D eigenvalue weighted by Crippen LogP contribution is -2.44. The van der Waals surface area contributed by atoms with E-state index in [1.807, 2.05) is 0 Å². The molecule has 1 heterocycles. The highest BCUT2D eigenvalue weighted by molar-refractivity contribution is 6.33. The Morgan fingerprint density at radius 3 is 2.76 bits per heavy atom. The molecular formula is C16H11ClF3N3O2. The van der Waals surface area contributed by atoms with Gasteiger partial charge in [-0.25, -0.2) is 0 Å². The Balaban J connectivity index is 1.83. The van der Waals surface area contributed by atoms with E-state index in [1.54, 1.807) is 6.08 Å². The van der Waals surface area contributed by atoms with E-state index in [1.165, 1.54) is 18.3 Å². The van der Waals surface area contributed by atoms with Gasteiger partial charge in [-0.1, -0.05) is 29.8 Å².